The molecule has 0 spiro atoms. The first-order chi connectivity index (χ1) is 9.11. The first kappa shape index (κ1) is 14.0. The smallest absolute Gasteiger partial charge is 0.137 e. The van der Waals surface area contributed by atoms with Crippen LogP contribution in [0.3, 0.4) is 0 Å². The lowest BCUT2D eigenvalue weighted by atomic mass is 10.2. The van der Waals surface area contributed by atoms with Gasteiger partial charge in [0.15, 0.2) is 0 Å². The van der Waals surface area contributed by atoms with Crippen molar-refractivity contribution in [2.24, 2.45) is 0 Å². The summed E-state index contributed by atoms with van der Waals surface area (Å²) in [6.07, 6.45) is 0. The molecule has 2 rings (SSSR count). The Balaban J connectivity index is 2.32. The van der Waals surface area contributed by atoms with Crippen molar-refractivity contribution >= 4 is 15.9 Å². The van der Waals surface area contributed by atoms with Crippen LogP contribution in [0.15, 0.2) is 40.9 Å². The lowest BCUT2D eigenvalue weighted by Crippen LogP contribution is -2.08. The van der Waals surface area contributed by atoms with E-state index in [9.17, 15) is 8.78 Å². The van der Waals surface area contributed by atoms with Gasteiger partial charge in [-0.05, 0) is 53.3 Å². The molecule has 0 amide bonds. The first-order valence-electron chi connectivity index (χ1n) is 5.66. The van der Waals surface area contributed by atoms with Crippen LogP contribution in [0.25, 0.3) is 0 Å². The molecular weight excluding hydrogens is 316 g/mol. The molecule has 100 valence electrons. The van der Waals surface area contributed by atoms with Gasteiger partial charge in [-0.15, -0.1) is 0 Å². The number of benzene rings is 2. The van der Waals surface area contributed by atoms with E-state index >= 15 is 0 Å². The van der Waals surface area contributed by atoms with E-state index < -0.39 is 0 Å². The van der Waals surface area contributed by atoms with Gasteiger partial charge in [-0.1, -0.05) is 6.07 Å². The molecule has 0 aliphatic rings. The predicted molar refractivity (Wildman–Crippen MR) is 73.3 cm³/mol. The zero-order chi connectivity index (χ0) is 13.8. The van der Waals surface area contributed by atoms with E-state index in [1.54, 1.807) is 19.2 Å². The van der Waals surface area contributed by atoms with Gasteiger partial charge in [-0.25, -0.2) is 8.78 Å². The summed E-state index contributed by atoms with van der Waals surface area (Å²) in [5.74, 6) is 0.138. The van der Waals surface area contributed by atoms with E-state index in [1.165, 1.54) is 24.3 Å². The number of nitrogens with one attached hydrogen (secondary N) is 1. The third kappa shape index (κ3) is 3.30. The zero-order valence-corrected chi connectivity index (χ0v) is 11.8. The normalized spacial score (nSPS) is 10.5. The Kier molecular flexibility index (Phi) is 4.50. The summed E-state index contributed by atoms with van der Waals surface area (Å²) in [6.45, 7) is 0.352. The van der Waals surface area contributed by atoms with Crippen LogP contribution in [0.1, 0.15) is 5.56 Å². The predicted octanol–water partition coefficient (Wildman–Crippen LogP) is 4.24. The van der Waals surface area contributed by atoms with Gasteiger partial charge < -0.3 is 10.1 Å². The molecule has 0 fully saturated rings. The van der Waals surface area contributed by atoms with E-state index in [-0.39, 0.29) is 11.6 Å². The fourth-order valence-corrected chi connectivity index (χ4v) is 2.01. The molecule has 19 heavy (non-hydrogen) atoms. The first-order valence-corrected chi connectivity index (χ1v) is 6.46. The molecule has 2 aromatic rings. The maximum Gasteiger partial charge on any atom is 0.137 e. The van der Waals surface area contributed by atoms with Crippen molar-refractivity contribution in [1.82, 2.24) is 5.32 Å². The standard InChI is InChI=1S/C14H12BrF2NO/c1-18-8-10-12(16)3-2-4-14(10)19-9-5-6-13(17)11(15)7-9/h2-7,18H,8H2,1H3. The van der Waals surface area contributed by atoms with Crippen molar-refractivity contribution in [2.75, 3.05) is 7.05 Å². The Morgan fingerprint density at radius 2 is 1.95 bits per heavy atom. The highest BCUT2D eigenvalue weighted by molar-refractivity contribution is 9.10. The van der Waals surface area contributed by atoms with Crippen LogP contribution in [0.5, 0.6) is 11.5 Å². The average Bonchev–Trinajstić information content (AvgIpc) is 2.38. The topological polar surface area (TPSA) is 21.3 Å². The van der Waals surface area contributed by atoms with E-state index in [1.807, 2.05) is 0 Å². The van der Waals surface area contributed by atoms with E-state index in [0.29, 0.717) is 28.1 Å². The summed E-state index contributed by atoms with van der Waals surface area (Å²) in [5, 5.41) is 2.88. The van der Waals surface area contributed by atoms with Crippen molar-refractivity contribution in [1.29, 1.82) is 0 Å². The van der Waals surface area contributed by atoms with Crippen LogP contribution in [0, 0.1) is 11.6 Å². The molecule has 0 unspecified atom stereocenters. The second-order valence-corrected chi connectivity index (χ2v) is 4.78. The maximum atomic E-state index is 13.7. The van der Waals surface area contributed by atoms with Gasteiger partial charge in [0.25, 0.3) is 0 Å². The van der Waals surface area contributed by atoms with Crippen LogP contribution in [-0.4, -0.2) is 7.05 Å². The molecule has 0 radical (unpaired) electrons. The van der Waals surface area contributed by atoms with Crippen LogP contribution in [0.4, 0.5) is 8.78 Å². The van der Waals surface area contributed by atoms with Gasteiger partial charge in [0.05, 0.1) is 4.47 Å². The summed E-state index contributed by atoms with van der Waals surface area (Å²) >= 11 is 3.08. The Hall–Kier alpha value is -1.46. The molecule has 0 aliphatic heterocycles. The van der Waals surface area contributed by atoms with Crippen LogP contribution >= 0.6 is 15.9 Å². The third-order valence-electron chi connectivity index (χ3n) is 2.55. The monoisotopic (exact) mass is 327 g/mol. The maximum absolute atomic E-state index is 13.7. The molecule has 0 atom stereocenters. The van der Waals surface area contributed by atoms with E-state index in [0.717, 1.165) is 0 Å². The summed E-state index contributed by atoms with van der Waals surface area (Å²) in [6, 6.07) is 8.91. The summed E-state index contributed by atoms with van der Waals surface area (Å²) in [7, 11) is 1.73. The van der Waals surface area contributed by atoms with Crippen molar-refractivity contribution in [3.8, 4) is 11.5 Å². The van der Waals surface area contributed by atoms with Gasteiger partial charge in [-0.3, -0.25) is 0 Å². The van der Waals surface area contributed by atoms with Crippen molar-refractivity contribution in [3.05, 3.63) is 58.1 Å². The highest BCUT2D eigenvalue weighted by atomic mass is 79.9. The van der Waals surface area contributed by atoms with Crippen LogP contribution in [-0.2, 0) is 6.54 Å². The highest BCUT2D eigenvalue weighted by Gasteiger charge is 2.10. The van der Waals surface area contributed by atoms with Gasteiger partial charge in [0.1, 0.15) is 23.1 Å². The average molecular weight is 328 g/mol. The number of hydrogen-bond donors (Lipinski definition) is 1. The van der Waals surface area contributed by atoms with Crippen molar-refractivity contribution in [3.63, 3.8) is 0 Å². The van der Waals surface area contributed by atoms with Gasteiger partial charge in [0.2, 0.25) is 0 Å². The zero-order valence-electron chi connectivity index (χ0n) is 10.2. The number of halogens is 3. The van der Waals surface area contributed by atoms with Crippen molar-refractivity contribution in [2.45, 2.75) is 6.54 Å². The Bertz CT molecular complexity index is 590. The lowest BCUT2D eigenvalue weighted by Gasteiger charge is -2.12. The molecule has 2 nitrogen and oxygen atoms in total. The fraction of sp³-hybridized carbons (Fsp3) is 0.143. The highest BCUT2D eigenvalue weighted by Crippen LogP contribution is 2.29. The largest absolute Gasteiger partial charge is 0.457 e. The van der Waals surface area contributed by atoms with Crippen LogP contribution < -0.4 is 10.1 Å². The Labute approximate surface area is 118 Å². The molecule has 0 heterocycles. The Morgan fingerprint density at radius 3 is 2.63 bits per heavy atom. The van der Waals surface area contributed by atoms with Gasteiger partial charge >= 0.3 is 0 Å². The minimum Gasteiger partial charge on any atom is -0.457 e. The molecule has 1 N–H and O–H groups in total. The molecule has 5 heteroatoms. The minimum atomic E-state index is -0.373. The molecular formula is C14H12BrF2NO. The third-order valence-corrected chi connectivity index (χ3v) is 3.16. The molecule has 2 aromatic carbocycles. The quantitative estimate of drug-likeness (QED) is 0.906. The summed E-state index contributed by atoms with van der Waals surface area (Å²) < 4.78 is 32.7. The van der Waals surface area contributed by atoms with Gasteiger partial charge in [-0.2, -0.15) is 0 Å². The molecule has 0 aliphatic carbocycles. The summed E-state index contributed by atoms with van der Waals surface area (Å²) in [5.41, 5.74) is 0.436. The van der Waals surface area contributed by atoms with Crippen molar-refractivity contribution < 1.29 is 13.5 Å². The minimum absolute atomic E-state index is 0.302. The van der Waals surface area contributed by atoms with E-state index in [4.69, 9.17) is 4.74 Å². The second-order valence-electron chi connectivity index (χ2n) is 3.92. The molecule has 0 aromatic heterocycles. The lowest BCUT2D eigenvalue weighted by molar-refractivity contribution is 0.462. The molecule has 0 saturated heterocycles. The SMILES string of the molecule is CNCc1c(F)cccc1Oc1ccc(F)c(Br)c1. The fourth-order valence-electron chi connectivity index (χ4n) is 1.65. The molecule has 0 bridgehead atoms. The summed E-state index contributed by atoms with van der Waals surface area (Å²) in [4.78, 5) is 0. The number of ether oxygens (including phenoxy) is 1. The van der Waals surface area contributed by atoms with E-state index in [2.05, 4.69) is 21.2 Å². The second kappa shape index (κ2) is 6.12. The Morgan fingerprint density at radius 1 is 1.16 bits per heavy atom. The number of hydrogen-bond acceptors (Lipinski definition) is 2. The van der Waals surface area contributed by atoms with Crippen LogP contribution in [0.2, 0.25) is 0 Å². The number of rotatable bonds is 4. The van der Waals surface area contributed by atoms with Gasteiger partial charge in [0, 0.05) is 12.1 Å². The molecule has 0 saturated carbocycles.